The summed E-state index contributed by atoms with van der Waals surface area (Å²) in [5.41, 5.74) is 0. The van der Waals surface area contributed by atoms with E-state index in [1.807, 2.05) is 0 Å². The van der Waals surface area contributed by atoms with Gasteiger partial charge in [-0.15, -0.1) is 0 Å². The average molecular weight is 275 g/mol. The highest BCUT2D eigenvalue weighted by Crippen LogP contribution is 2.41. The molecule has 0 spiro atoms. The van der Waals surface area contributed by atoms with Crippen LogP contribution in [0.4, 0.5) is 0 Å². The maximum atomic E-state index is 10.5. The predicted octanol–water partition coefficient (Wildman–Crippen LogP) is 2.21. The Morgan fingerprint density at radius 1 is 1.06 bits per heavy atom. The summed E-state index contributed by atoms with van der Waals surface area (Å²) in [6.45, 7) is 0.985. The van der Waals surface area contributed by atoms with E-state index in [2.05, 4.69) is 5.32 Å². The maximum absolute atomic E-state index is 10.5. The molecular weight excluding hydrogens is 250 g/mol. The van der Waals surface area contributed by atoms with Crippen molar-refractivity contribution in [2.24, 2.45) is 11.8 Å². The summed E-state index contributed by atoms with van der Waals surface area (Å²) in [6.07, 6.45) is 9.43. The Morgan fingerprint density at radius 2 is 1.78 bits per heavy atom. The number of fused-ring (bicyclic) bond motifs is 3. The molecule has 5 heteroatoms. The van der Waals surface area contributed by atoms with Gasteiger partial charge in [-0.05, 0) is 50.5 Å². The van der Waals surface area contributed by atoms with E-state index in [9.17, 15) is 8.42 Å². The SMILES string of the molecule is O=S(=O)(O)CCCCCNC1CC2CCC1CC2. The van der Waals surface area contributed by atoms with E-state index in [0.717, 1.165) is 31.2 Å². The molecule has 3 fully saturated rings. The van der Waals surface area contributed by atoms with E-state index in [4.69, 9.17) is 4.55 Å². The average Bonchev–Trinajstić information content (AvgIpc) is 2.34. The van der Waals surface area contributed by atoms with E-state index < -0.39 is 10.1 Å². The van der Waals surface area contributed by atoms with Gasteiger partial charge in [-0.25, -0.2) is 0 Å². The summed E-state index contributed by atoms with van der Waals surface area (Å²) in [5.74, 6) is 1.74. The first-order valence-electron chi connectivity index (χ1n) is 7.23. The first kappa shape index (κ1) is 14.3. The van der Waals surface area contributed by atoms with Crippen LogP contribution in [0.3, 0.4) is 0 Å². The normalized spacial score (nSPS) is 31.7. The number of hydrogen-bond donors (Lipinski definition) is 2. The first-order chi connectivity index (χ1) is 8.54. The quantitative estimate of drug-likeness (QED) is 0.552. The first-order valence-corrected chi connectivity index (χ1v) is 8.84. The van der Waals surface area contributed by atoms with Crippen molar-refractivity contribution in [3.05, 3.63) is 0 Å². The number of unbranched alkanes of at least 4 members (excludes halogenated alkanes) is 2. The van der Waals surface area contributed by atoms with Crippen LogP contribution < -0.4 is 5.32 Å². The van der Waals surface area contributed by atoms with Crippen molar-refractivity contribution >= 4 is 10.1 Å². The molecule has 0 aliphatic heterocycles. The van der Waals surface area contributed by atoms with Crippen molar-refractivity contribution in [2.75, 3.05) is 12.3 Å². The van der Waals surface area contributed by atoms with Crippen LogP contribution in [0.2, 0.25) is 0 Å². The molecule has 106 valence electrons. The molecule has 0 aromatic carbocycles. The molecule has 4 nitrogen and oxygen atoms in total. The molecule has 0 radical (unpaired) electrons. The molecule has 18 heavy (non-hydrogen) atoms. The lowest BCUT2D eigenvalue weighted by Gasteiger charge is -2.42. The van der Waals surface area contributed by atoms with Crippen molar-refractivity contribution in [2.45, 2.75) is 57.4 Å². The second-order valence-corrected chi connectivity index (χ2v) is 7.50. The second kappa shape index (κ2) is 6.35. The van der Waals surface area contributed by atoms with E-state index in [1.54, 1.807) is 0 Å². The van der Waals surface area contributed by atoms with E-state index in [0.29, 0.717) is 12.5 Å². The van der Waals surface area contributed by atoms with Crippen LogP contribution in [0.25, 0.3) is 0 Å². The number of hydrogen-bond acceptors (Lipinski definition) is 3. The van der Waals surface area contributed by atoms with Crippen molar-refractivity contribution in [1.29, 1.82) is 0 Å². The summed E-state index contributed by atoms with van der Waals surface area (Å²) in [7, 11) is -3.76. The molecule has 2 bridgehead atoms. The molecule has 0 amide bonds. The molecule has 3 aliphatic carbocycles. The third kappa shape index (κ3) is 4.52. The van der Waals surface area contributed by atoms with Crippen LogP contribution in [-0.2, 0) is 10.1 Å². The fourth-order valence-corrected chi connectivity index (χ4v) is 4.07. The largest absolute Gasteiger partial charge is 0.314 e. The fourth-order valence-electron chi connectivity index (χ4n) is 3.50. The lowest BCUT2D eigenvalue weighted by molar-refractivity contribution is 0.124. The van der Waals surface area contributed by atoms with Crippen LogP contribution in [0, 0.1) is 11.8 Å². The minimum absolute atomic E-state index is 0.0961. The van der Waals surface area contributed by atoms with Crippen molar-refractivity contribution in [3.8, 4) is 0 Å². The third-order valence-corrected chi connectivity index (χ3v) is 5.34. The Kier molecular flexibility index (Phi) is 5.04. The van der Waals surface area contributed by atoms with E-state index >= 15 is 0 Å². The lowest BCUT2D eigenvalue weighted by atomic mass is 9.68. The van der Waals surface area contributed by atoms with Gasteiger partial charge in [0.1, 0.15) is 0 Å². The van der Waals surface area contributed by atoms with E-state index in [1.165, 1.54) is 32.1 Å². The third-order valence-electron chi connectivity index (χ3n) is 4.53. The van der Waals surface area contributed by atoms with Gasteiger partial charge in [-0.1, -0.05) is 19.3 Å². The zero-order valence-electron chi connectivity index (χ0n) is 11.0. The molecule has 1 unspecified atom stereocenters. The van der Waals surface area contributed by atoms with Gasteiger partial charge >= 0.3 is 0 Å². The summed E-state index contributed by atoms with van der Waals surface area (Å²) >= 11 is 0. The van der Waals surface area contributed by atoms with E-state index in [-0.39, 0.29) is 5.75 Å². The van der Waals surface area contributed by atoms with Gasteiger partial charge in [0.2, 0.25) is 0 Å². The number of nitrogens with one attached hydrogen (secondary N) is 1. The van der Waals surface area contributed by atoms with Gasteiger partial charge in [0.15, 0.2) is 0 Å². The highest BCUT2D eigenvalue weighted by atomic mass is 32.2. The van der Waals surface area contributed by atoms with Crippen LogP contribution in [0.1, 0.15) is 51.4 Å². The minimum atomic E-state index is -3.76. The molecule has 0 aromatic heterocycles. The zero-order valence-corrected chi connectivity index (χ0v) is 11.8. The lowest BCUT2D eigenvalue weighted by Crippen LogP contribution is -2.44. The van der Waals surface area contributed by atoms with Gasteiger partial charge in [0, 0.05) is 6.04 Å². The fraction of sp³-hybridized carbons (Fsp3) is 1.00. The number of rotatable bonds is 7. The Balaban J connectivity index is 1.53. The van der Waals surface area contributed by atoms with Crippen LogP contribution in [-0.4, -0.2) is 31.3 Å². The highest BCUT2D eigenvalue weighted by molar-refractivity contribution is 7.85. The summed E-state index contributed by atoms with van der Waals surface area (Å²) in [4.78, 5) is 0. The Labute approximate surface area is 110 Å². The molecular formula is C13H25NO3S. The maximum Gasteiger partial charge on any atom is 0.264 e. The zero-order chi connectivity index (χ0) is 13.0. The monoisotopic (exact) mass is 275 g/mol. The van der Waals surface area contributed by atoms with Gasteiger partial charge in [0.05, 0.1) is 5.75 Å². The second-order valence-electron chi connectivity index (χ2n) is 5.92. The van der Waals surface area contributed by atoms with Crippen LogP contribution in [0.15, 0.2) is 0 Å². The molecule has 3 rings (SSSR count). The van der Waals surface area contributed by atoms with Gasteiger partial charge in [-0.2, -0.15) is 8.42 Å². The molecule has 0 heterocycles. The highest BCUT2D eigenvalue weighted by Gasteiger charge is 2.34. The van der Waals surface area contributed by atoms with Crippen LogP contribution >= 0.6 is 0 Å². The van der Waals surface area contributed by atoms with Crippen LogP contribution in [0.5, 0.6) is 0 Å². The molecule has 0 aromatic rings. The topological polar surface area (TPSA) is 66.4 Å². The molecule has 2 N–H and O–H groups in total. The van der Waals surface area contributed by atoms with Gasteiger partial charge < -0.3 is 5.32 Å². The van der Waals surface area contributed by atoms with Gasteiger partial charge in [0.25, 0.3) is 10.1 Å². The molecule has 3 aliphatic rings. The molecule has 0 saturated heterocycles. The van der Waals surface area contributed by atoms with Crippen molar-refractivity contribution < 1.29 is 13.0 Å². The van der Waals surface area contributed by atoms with Crippen molar-refractivity contribution in [3.63, 3.8) is 0 Å². The summed E-state index contributed by atoms with van der Waals surface area (Å²) in [5, 5.41) is 3.64. The predicted molar refractivity (Wildman–Crippen MR) is 72.1 cm³/mol. The summed E-state index contributed by atoms with van der Waals surface area (Å²) < 4.78 is 29.7. The standard InChI is InChI=1S/C13H25NO3S/c15-18(16,17)9-3-1-2-8-14-13-10-11-4-6-12(13)7-5-11/h11-14H,1-10H2,(H,15,16,17). The summed E-state index contributed by atoms with van der Waals surface area (Å²) in [6, 6.07) is 0.707. The Morgan fingerprint density at radius 3 is 2.33 bits per heavy atom. The molecule has 3 saturated carbocycles. The minimum Gasteiger partial charge on any atom is -0.314 e. The van der Waals surface area contributed by atoms with Crippen molar-refractivity contribution in [1.82, 2.24) is 5.32 Å². The Hall–Kier alpha value is -0.130. The smallest absolute Gasteiger partial charge is 0.264 e. The Bertz CT molecular complexity index is 347. The van der Waals surface area contributed by atoms with Gasteiger partial charge in [-0.3, -0.25) is 4.55 Å². The molecule has 1 atom stereocenters.